The van der Waals surface area contributed by atoms with Crippen molar-refractivity contribution in [3.63, 3.8) is 0 Å². The number of hydrogen-bond acceptors (Lipinski definition) is 3. The molecule has 0 aromatic carbocycles. The van der Waals surface area contributed by atoms with Gasteiger partial charge in [0.25, 0.3) is 0 Å². The van der Waals surface area contributed by atoms with Gasteiger partial charge >= 0.3 is 6.09 Å². The number of carbonyl (C=O) groups excluding carboxylic acids is 1. The smallest absolute Gasteiger partial charge is 0.407 e. The summed E-state index contributed by atoms with van der Waals surface area (Å²) in [7, 11) is 0. The van der Waals surface area contributed by atoms with Crippen molar-refractivity contribution in [2.75, 3.05) is 26.2 Å². The summed E-state index contributed by atoms with van der Waals surface area (Å²) < 4.78 is 0. The standard InChI is InChI=1S/C18H33N3O3/c1-13(2)18(3,4)19-16(22)14-5-9-20(10-6-14)15-7-11-21(12-8-15)17(23)24/h13-15H,5-12H2,1-4H3,(H,19,22)(H,23,24). The fourth-order valence-corrected chi connectivity index (χ4v) is 3.51. The summed E-state index contributed by atoms with van der Waals surface area (Å²) in [5, 5.41) is 12.2. The molecule has 2 rings (SSSR count). The van der Waals surface area contributed by atoms with Gasteiger partial charge in [0.1, 0.15) is 0 Å². The number of nitrogens with zero attached hydrogens (tertiary/aromatic N) is 2. The van der Waals surface area contributed by atoms with Crippen LogP contribution < -0.4 is 5.32 Å². The maximum atomic E-state index is 12.5. The maximum absolute atomic E-state index is 12.5. The van der Waals surface area contributed by atoms with Crippen LogP contribution in [0.5, 0.6) is 0 Å². The van der Waals surface area contributed by atoms with Gasteiger partial charge in [0.15, 0.2) is 0 Å². The van der Waals surface area contributed by atoms with Crippen LogP contribution in [0.3, 0.4) is 0 Å². The second-order valence-electron chi connectivity index (χ2n) is 8.18. The van der Waals surface area contributed by atoms with Gasteiger partial charge in [0.05, 0.1) is 0 Å². The van der Waals surface area contributed by atoms with Gasteiger partial charge in [-0.2, -0.15) is 0 Å². The number of hydrogen-bond donors (Lipinski definition) is 2. The fourth-order valence-electron chi connectivity index (χ4n) is 3.51. The molecule has 2 saturated heterocycles. The molecule has 2 aliphatic rings. The molecule has 6 nitrogen and oxygen atoms in total. The van der Waals surface area contributed by atoms with E-state index < -0.39 is 6.09 Å². The summed E-state index contributed by atoms with van der Waals surface area (Å²) in [6.45, 7) is 11.6. The molecule has 0 spiro atoms. The molecule has 0 atom stereocenters. The van der Waals surface area contributed by atoms with Crippen molar-refractivity contribution in [2.45, 2.75) is 65.0 Å². The van der Waals surface area contributed by atoms with Gasteiger partial charge in [0.2, 0.25) is 5.91 Å². The van der Waals surface area contributed by atoms with Crippen LogP contribution in [-0.2, 0) is 4.79 Å². The molecule has 2 amide bonds. The molecule has 0 aliphatic carbocycles. The Labute approximate surface area is 145 Å². The normalized spacial score (nSPS) is 22.0. The largest absolute Gasteiger partial charge is 0.465 e. The van der Waals surface area contributed by atoms with E-state index in [-0.39, 0.29) is 17.4 Å². The van der Waals surface area contributed by atoms with Crippen molar-refractivity contribution < 1.29 is 14.7 Å². The van der Waals surface area contributed by atoms with Crippen molar-refractivity contribution in [2.24, 2.45) is 11.8 Å². The van der Waals surface area contributed by atoms with E-state index in [1.807, 2.05) is 0 Å². The predicted octanol–water partition coefficient (Wildman–Crippen LogP) is 2.39. The highest BCUT2D eigenvalue weighted by atomic mass is 16.4. The highest BCUT2D eigenvalue weighted by Gasteiger charge is 2.33. The maximum Gasteiger partial charge on any atom is 0.407 e. The summed E-state index contributed by atoms with van der Waals surface area (Å²) in [5.74, 6) is 0.702. The van der Waals surface area contributed by atoms with Crippen LogP contribution in [0.15, 0.2) is 0 Å². The zero-order chi connectivity index (χ0) is 17.9. The van der Waals surface area contributed by atoms with E-state index in [9.17, 15) is 9.59 Å². The molecule has 2 N–H and O–H groups in total. The number of nitrogens with one attached hydrogen (secondary N) is 1. The summed E-state index contributed by atoms with van der Waals surface area (Å²) in [5.41, 5.74) is -0.169. The molecule has 2 heterocycles. The molecular weight excluding hydrogens is 306 g/mol. The van der Waals surface area contributed by atoms with Crippen molar-refractivity contribution in [1.29, 1.82) is 0 Å². The van der Waals surface area contributed by atoms with Crippen LogP contribution in [0, 0.1) is 11.8 Å². The Balaban J connectivity index is 1.77. The SMILES string of the molecule is CC(C)C(C)(C)NC(=O)C1CCN(C2CCN(C(=O)O)CC2)CC1. The number of carbonyl (C=O) groups is 2. The molecule has 6 heteroatoms. The lowest BCUT2D eigenvalue weighted by atomic mass is 9.88. The minimum absolute atomic E-state index is 0.110. The molecule has 2 fully saturated rings. The lowest BCUT2D eigenvalue weighted by Gasteiger charge is -2.41. The molecule has 2 aliphatic heterocycles. The van der Waals surface area contributed by atoms with Crippen LogP contribution in [0.4, 0.5) is 4.79 Å². The average molecular weight is 339 g/mol. The quantitative estimate of drug-likeness (QED) is 0.825. The summed E-state index contributed by atoms with van der Waals surface area (Å²) in [4.78, 5) is 27.5. The Bertz CT molecular complexity index is 448. The summed E-state index contributed by atoms with van der Waals surface area (Å²) in [6.07, 6.45) is 2.81. The first kappa shape index (κ1) is 19.0. The van der Waals surface area contributed by atoms with Gasteiger partial charge in [-0.1, -0.05) is 13.8 Å². The van der Waals surface area contributed by atoms with Crippen LogP contribution in [0.1, 0.15) is 53.4 Å². The van der Waals surface area contributed by atoms with Gasteiger partial charge in [-0.15, -0.1) is 0 Å². The molecule has 0 bridgehead atoms. The number of rotatable bonds is 4. The molecule has 0 unspecified atom stereocenters. The number of amides is 2. The first-order valence-electron chi connectivity index (χ1n) is 9.24. The van der Waals surface area contributed by atoms with Gasteiger partial charge in [-0.25, -0.2) is 4.79 Å². The number of likely N-dealkylation sites (tertiary alicyclic amines) is 2. The molecule has 0 aromatic rings. The second-order valence-corrected chi connectivity index (χ2v) is 8.18. The van der Waals surface area contributed by atoms with Gasteiger partial charge in [0, 0.05) is 30.6 Å². The lowest BCUT2D eigenvalue weighted by molar-refractivity contribution is -0.128. The molecule has 0 radical (unpaired) electrons. The molecule has 0 saturated carbocycles. The van der Waals surface area contributed by atoms with Gasteiger partial charge in [-0.05, 0) is 58.5 Å². The van der Waals surface area contributed by atoms with Crippen molar-refractivity contribution in [3.8, 4) is 0 Å². The third kappa shape index (κ3) is 4.62. The van der Waals surface area contributed by atoms with Crippen LogP contribution in [0.25, 0.3) is 0 Å². The Kier molecular flexibility index (Phi) is 6.12. The van der Waals surface area contributed by atoms with Crippen LogP contribution in [-0.4, -0.2) is 64.7 Å². The fraction of sp³-hybridized carbons (Fsp3) is 0.889. The number of carboxylic acid groups (broad SMARTS) is 1. The minimum Gasteiger partial charge on any atom is -0.465 e. The van der Waals surface area contributed by atoms with E-state index in [4.69, 9.17) is 5.11 Å². The van der Waals surface area contributed by atoms with Crippen molar-refractivity contribution in [1.82, 2.24) is 15.1 Å². The molecular formula is C18H33N3O3. The third-order valence-electron chi connectivity index (χ3n) is 6.04. The molecule has 24 heavy (non-hydrogen) atoms. The van der Waals surface area contributed by atoms with E-state index in [1.54, 1.807) is 0 Å². The Hall–Kier alpha value is -1.30. The Morgan fingerprint density at radius 3 is 2.04 bits per heavy atom. The van der Waals surface area contributed by atoms with E-state index in [2.05, 4.69) is 37.9 Å². The predicted molar refractivity (Wildman–Crippen MR) is 94.0 cm³/mol. The van der Waals surface area contributed by atoms with E-state index in [0.717, 1.165) is 38.8 Å². The zero-order valence-electron chi connectivity index (χ0n) is 15.5. The highest BCUT2D eigenvalue weighted by molar-refractivity contribution is 5.79. The third-order valence-corrected chi connectivity index (χ3v) is 6.04. The number of piperidine rings is 2. The molecule has 138 valence electrons. The van der Waals surface area contributed by atoms with Gasteiger partial charge in [-0.3, -0.25) is 4.79 Å². The monoisotopic (exact) mass is 339 g/mol. The highest BCUT2D eigenvalue weighted by Crippen LogP contribution is 2.25. The second kappa shape index (κ2) is 7.72. The Morgan fingerprint density at radius 1 is 1.04 bits per heavy atom. The van der Waals surface area contributed by atoms with Gasteiger partial charge < -0.3 is 20.2 Å². The van der Waals surface area contributed by atoms with E-state index >= 15 is 0 Å². The summed E-state index contributed by atoms with van der Waals surface area (Å²) in [6, 6.07) is 0.469. The average Bonchev–Trinajstić information content (AvgIpc) is 2.54. The summed E-state index contributed by atoms with van der Waals surface area (Å²) >= 11 is 0. The van der Waals surface area contributed by atoms with E-state index in [1.165, 1.54) is 4.90 Å². The van der Waals surface area contributed by atoms with Crippen LogP contribution in [0.2, 0.25) is 0 Å². The van der Waals surface area contributed by atoms with E-state index in [0.29, 0.717) is 25.0 Å². The van der Waals surface area contributed by atoms with Crippen LogP contribution >= 0.6 is 0 Å². The zero-order valence-corrected chi connectivity index (χ0v) is 15.5. The first-order valence-corrected chi connectivity index (χ1v) is 9.24. The first-order chi connectivity index (χ1) is 11.2. The molecule has 0 aromatic heterocycles. The van der Waals surface area contributed by atoms with Crippen molar-refractivity contribution >= 4 is 12.0 Å². The van der Waals surface area contributed by atoms with Crippen molar-refractivity contribution in [3.05, 3.63) is 0 Å². The topological polar surface area (TPSA) is 72.9 Å². The Morgan fingerprint density at radius 2 is 1.58 bits per heavy atom. The lowest BCUT2D eigenvalue weighted by Crippen LogP contribution is -2.53. The minimum atomic E-state index is -0.809.